The topological polar surface area (TPSA) is 69.4 Å². The Bertz CT molecular complexity index is 211. The molecule has 66 valence electrons. The van der Waals surface area contributed by atoms with Crippen molar-refractivity contribution in [3.05, 3.63) is 0 Å². The second kappa shape index (κ2) is 5.78. The molecule has 0 aromatic heterocycles. The van der Waals surface area contributed by atoms with Gasteiger partial charge in [0, 0.05) is 0 Å². The van der Waals surface area contributed by atoms with Gasteiger partial charge in [-0.2, -0.15) is 8.42 Å². The monoisotopic (exact) mass is 219 g/mol. The third-order valence-corrected chi connectivity index (χ3v) is 2.36. The first-order chi connectivity index (χ1) is 5.08. The number of nitrogens with two attached hydrogens (primary N) is 1. The van der Waals surface area contributed by atoms with E-state index in [2.05, 4.69) is 4.18 Å². The maximum Gasteiger partial charge on any atom is 2.00 e. The Morgan fingerprint density at radius 2 is 1.67 bits per heavy atom. The summed E-state index contributed by atoms with van der Waals surface area (Å²) in [5.74, 6) is 0. The Morgan fingerprint density at radius 1 is 1.17 bits per heavy atom. The van der Waals surface area contributed by atoms with Gasteiger partial charge >= 0.3 is 48.0 Å². The van der Waals surface area contributed by atoms with E-state index in [9.17, 15) is 8.42 Å². The molecule has 1 fully saturated rings. The molecule has 0 aromatic carbocycles. The van der Waals surface area contributed by atoms with Gasteiger partial charge in [-0.05, 0) is 12.8 Å². The van der Waals surface area contributed by atoms with Crippen LogP contribution in [0.25, 0.3) is 0 Å². The zero-order chi connectivity index (χ0) is 8.32. The summed E-state index contributed by atoms with van der Waals surface area (Å²) < 4.78 is 25.5. The van der Waals surface area contributed by atoms with Crippen molar-refractivity contribution in [2.24, 2.45) is 5.14 Å². The van der Waals surface area contributed by atoms with Crippen LogP contribution in [0, 0.1) is 0 Å². The molecule has 0 atom stereocenters. The van der Waals surface area contributed by atoms with Crippen LogP contribution in [0.15, 0.2) is 0 Å². The van der Waals surface area contributed by atoms with E-state index in [0.717, 1.165) is 25.7 Å². The van der Waals surface area contributed by atoms with Crippen molar-refractivity contribution in [1.82, 2.24) is 0 Å². The Labute approximate surface area is 103 Å². The summed E-state index contributed by atoms with van der Waals surface area (Å²) in [6.07, 6.45) is 4.72. The first-order valence-electron chi connectivity index (χ1n) is 3.79. The summed E-state index contributed by atoms with van der Waals surface area (Å²) >= 11 is 0. The predicted octanol–water partition coefficient (Wildman–Crippen LogP) is 0.158. The van der Waals surface area contributed by atoms with Crippen molar-refractivity contribution in [1.29, 1.82) is 0 Å². The zero-order valence-corrected chi connectivity index (χ0v) is 10.1. The van der Waals surface area contributed by atoms with Gasteiger partial charge in [-0.3, -0.25) is 4.18 Å². The van der Waals surface area contributed by atoms with E-state index in [1.165, 1.54) is 6.42 Å². The van der Waals surface area contributed by atoms with E-state index in [0.29, 0.717) is 0 Å². The quantitative estimate of drug-likeness (QED) is 0.672. The molecule has 6 heteroatoms. The molecule has 2 N–H and O–H groups in total. The molecule has 0 heterocycles. The largest absolute Gasteiger partial charge is 2.00 e. The van der Waals surface area contributed by atoms with E-state index >= 15 is 0 Å². The van der Waals surface area contributed by atoms with Gasteiger partial charge < -0.3 is 0 Å². The van der Waals surface area contributed by atoms with Crippen molar-refractivity contribution < 1.29 is 12.6 Å². The van der Waals surface area contributed by atoms with E-state index in [1.54, 1.807) is 0 Å². The minimum absolute atomic E-state index is 0. The normalized spacial score (nSPS) is 20.1. The molecule has 4 nitrogen and oxygen atoms in total. The van der Waals surface area contributed by atoms with E-state index in [4.69, 9.17) is 5.14 Å². The molecule has 0 spiro atoms. The summed E-state index contributed by atoms with van der Waals surface area (Å²) in [5.41, 5.74) is 0. The summed E-state index contributed by atoms with van der Waals surface area (Å²) in [6, 6.07) is 0. The smallest absolute Gasteiger partial charge is 0.255 e. The minimum atomic E-state index is -3.72. The third-order valence-electron chi connectivity index (χ3n) is 1.82. The summed E-state index contributed by atoms with van der Waals surface area (Å²) in [4.78, 5) is 0. The van der Waals surface area contributed by atoms with Crippen molar-refractivity contribution in [3.8, 4) is 0 Å². The van der Waals surface area contributed by atoms with Crippen LogP contribution in [-0.4, -0.2) is 52.3 Å². The molecule has 0 radical (unpaired) electrons. The van der Waals surface area contributed by atoms with Crippen LogP contribution < -0.4 is 5.14 Å². The van der Waals surface area contributed by atoms with Crippen LogP contribution in [0.3, 0.4) is 0 Å². The average Bonchev–Trinajstić information content (AvgIpc) is 1.85. The number of hydrogen-bond donors (Lipinski definition) is 1. The van der Waals surface area contributed by atoms with Gasteiger partial charge in [-0.25, -0.2) is 5.14 Å². The van der Waals surface area contributed by atoms with Crippen LogP contribution >= 0.6 is 0 Å². The molecule has 0 bridgehead atoms. The molecule has 1 aliphatic carbocycles. The predicted molar refractivity (Wildman–Crippen MR) is 46.8 cm³/mol. The Kier molecular flexibility index (Phi) is 6.32. The molecule has 1 aliphatic rings. The average molecular weight is 219 g/mol. The molecule has 12 heavy (non-hydrogen) atoms. The molecular formula is C6H13CaNO3S+2. The van der Waals surface area contributed by atoms with Gasteiger partial charge in [0.2, 0.25) is 0 Å². The molecule has 0 unspecified atom stereocenters. The first kappa shape index (κ1) is 13.1. The van der Waals surface area contributed by atoms with Crippen LogP contribution in [0.1, 0.15) is 32.1 Å². The van der Waals surface area contributed by atoms with Crippen molar-refractivity contribution in [2.45, 2.75) is 38.2 Å². The summed E-state index contributed by atoms with van der Waals surface area (Å²) in [5, 5.41) is 4.72. The van der Waals surface area contributed by atoms with Crippen LogP contribution in [-0.2, 0) is 14.5 Å². The first-order valence-corrected chi connectivity index (χ1v) is 5.26. The fourth-order valence-corrected chi connectivity index (χ4v) is 1.92. The molecule has 1 saturated carbocycles. The third kappa shape index (κ3) is 5.72. The summed E-state index contributed by atoms with van der Waals surface area (Å²) in [6.45, 7) is 0. The maximum atomic E-state index is 10.5. The van der Waals surface area contributed by atoms with Crippen LogP contribution in [0.2, 0.25) is 0 Å². The molecular weight excluding hydrogens is 206 g/mol. The molecule has 1 rings (SSSR count). The Morgan fingerprint density at radius 3 is 2.08 bits per heavy atom. The Hall–Kier alpha value is 1.13. The van der Waals surface area contributed by atoms with Crippen LogP contribution in [0.4, 0.5) is 0 Å². The van der Waals surface area contributed by atoms with Gasteiger partial charge in [0.05, 0.1) is 6.10 Å². The fraction of sp³-hybridized carbons (Fsp3) is 1.00. The zero-order valence-electron chi connectivity index (χ0n) is 7.03. The van der Waals surface area contributed by atoms with E-state index < -0.39 is 10.3 Å². The number of hydrogen-bond acceptors (Lipinski definition) is 3. The van der Waals surface area contributed by atoms with Crippen molar-refractivity contribution in [2.75, 3.05) is 0 Å². The van der Waals surface area contributed by atoms with E-state index in [-0.39, 0.29) is 43.8 Å². The standard InChI is InChI=1S/C6H13NO3S.Ca/c7-11(8,9)10-6-4-2-1-3-5-6;/h6H,1-5H2,(H2,7,8,9);/q;+2. The van der Waals surface area contributed by atoms with Crippen molar-refractivity contribution in [3.63, 3.8) is 0 Å². The van der Waals surface area contributed by atoms with Crippen LogP contribution in [0.5, 0.6) is 0 Å². The molecule has 0 saturated heterocycles. The van der Waals surface area contributed by atoms with Gasteiger partial charge in [-0.1, -0.05) is 19.3 Å². The molecule has 0 amide bonds. The fourth-order valence-electron chi connectivity index (χ4n) is 1.35. The second-order valence-electron chi connectivity index (χ2n) is 2.85. The maximum absolute atomic E-state index is 10.5. The van der Waals surface area contributed by atoms with Gasteiger partial charge in [0.25, 0.3) is 0 Å². The Balaban J connectivity index is 0.00000121. The van der Waals surface area contributed by atoms with E-state index in [1.807, 2.05) is 0 Å². The molecule has 0 aromatic rings. The van der Waals surface area contributed by atoms with Gasteiger partial charge in [-0.15, -0.1) is 0 Å². The van der Waals surface area contributed by atoms with Crippen molar-refractivity contribution >= 4 is 48.0 Å². The minimum Gasteiger partial charge on any atom is -0.255 e. The number of rotatable bonds is 2. The summed E-state index contributed by atoms with van der Waals surface area (Å²) in [7, 11) is -3.72. The van der Waals surface area contributed by atoms with Gasteiger partial charge in [0.15, 0.2) is 0 Å². The van der Waals surface area contributed by atoms with Gasteiger partial charge in [0.1, 0.15) is 0 Å². The molecule has 0 aliphatic heterocycles. The second-order valence-corrected chi connectivity index (χ2v) is 4.03. The SMILES string of the molecule is NS(=O)(=O)OC1CCCCC1.[Ca+2].